The van der Waals surface area contributed by atoms with Gasteiger partial charge in [0.2, 0.25) is 5.91 Å². The normalized spacial score (nSPS) is 21.6. The summed E-state index contributed by atoms with van der Waals surface area (Å²) in [5.41, 5.74) is 8.35. The van der Waals surface area contributed by atoms with E-state index in [2.05, 4.69) is 31.2 Å². The molecule has 2 N–H and O–H groups in total. The molecule has 2 aromatic carbocycles. The van der Waals surface area contributed by atoms with Crippen molar-refractivity contribution in [2.24, 2.45) is 5.73 Å². The molecule has 122 valence electrons. The number of nitrogens with two attached hydrogens (primary N) is 1. The summed E-state index contributed by atoms with van der Waals surface area (Å²) in [4.78, 5) is 14.7. The lowest BCUT2D eigenvalue weighted by Gasteiger charge is -2.25. The number of hydrogen-bond donors (Lipinski definition) is 1. The molecule has 0 bridgehead atoms. The highest BCUT2D eigenvalue weighted by Gasteiger charge is 2.35. The molecule has 1 aliphatic rings. The van der Waals surface area contributed by atoms with Gasteiger partial charge in [0.25, 0.3) is 0 Å². The molecule has 0 aliphatic carbocycles. The first kappa shape index (κ1) is 17.5. The van der Waals surface area contributed by atoms with Crippen LogP contribution in [0.25, 0.3) is 0 Å². The van der Waals surface area contributed by atoms with Crippen LogP contribution in [-0.2, 0) is 4.79 Å². The lowest BCUT2D eigenvalue weighted by molar-refractivity contribution is -0.133. The van der Waals surface area contributed by atoms with Gasteiger partial charge in [0.05, 0.1) is 0 Å². The predicted molar refractivity (Wildman–Crippen MR) is 95.6 cm³/mol. The van der Waals surface area contributed by atoms with E-state index in [9.17, 15) is 4.79 Å². The molecule has 1 fully saturated rings. The number of hydrogen-bond acceptors (Lipinski definition) is 2. The summed E-state index contributed by atoms with van der Waals surface area (Å²) in [6.07, 6.45) is 0.997. The van der Waals surface area contributed by atoms with Crippen LogP contribution in [0.5, 0.6) is 0 Å². The van der Waals surface area contributed by atoms with Gasteiger partial charge in [-0.2, -0.15) is 0 Å². The zero-order valence-electron chi connectivity index (χ0n) is 13.3. The van der Waals surface area contributed by atoms with Gasteiger partial charge in [-0.05, 0) is 24.5 Å². The van der Waals surface area contributed by atoms with Crippen molar-refractivity contribution in [2.45, 2.75) is 31.3 Å². The fourth-order valence-corrected chi connectivity index (χ4v) is 3.29. The maximum atomic E-state index is 12.7. The summed E-state index contributed by atoms with van der Waals surface area (Å²) in [5.74, 6) is 0.431. The van der Waals surface area contributed by atoms with E-state index in [0.717, 1.165) is 18.5 Å². The number of nitrogens with zero attached hydrogens (tertiary/aromatic N) is 1. The van der Waals surface area contributed by atoms with Crippen LogP contribution < -0.4 is 5.73 Å². The third-order valence-corrected chi connectivity index (χ3v) is 4.55. The number of carbonyl (C=O) groups excluding carboxylic acids is 1. The largest absolute Gasteiger partial charge is 0.338 e. The molecule has 0 radical (unpaired) electrons. The van der Waals surface area contributed by atoms with Crippen LogP contribution in [0.4, 0.5) is 0 Å². The molecule has 1 amide bonds. The van der Waals surface area contributed by atoms with Crippen LogP contribution in [0.1, 0.15) is 36.4 Å². The Kier molecular flexibility index (Phi) is 5.80. The molecule has 1 saturated heterocycles. The first-order chi connectivity index (χ1) is 10.7. The number of likely N-dealkylation sites (tertiary alicyclic amines) is 1. The molecule has 0 aromatic heterocycles. The average molecular weight is 331 g/mol. The standard InChI is InChI=1S/C19H22N2O.ClH/c1-14-12-17(15-8-4-2-5-9-15)13-21(14)19(22)18(20)16-10-6-3-7-11-16;/h2-11,14,17-18H,12-13,20H2,1H3;1H. The van der Waals surface area contributed by atoms with E-state index in [1.165, 1.54) is 5.56 Å². The fraction of sp³-hybridized carbons (Fsp3) is 0.316. The van der Waals surface area contributed by atoms with Gasteiger partial charge in [0.1, 0.15) is 6.04 Å². The van der Waals surface area contributed by atoms with Crippen molar-refractivity contribution >= 4 is 18.3 Å². The summed E-state index contributed by atoms with van der Waals surface area (Å²) in [7, 11) is 0. The van der Waals surface area contributed by atoms with E-state index in [-0.39, 0.29) is 24.4 Å². The number of halogens is 1. The summed E-state index contributed by atoms with van der Waals surface area (Å²) in [6, 6.07) is 19.7. The van der Waals surface area contributed by atoms with Crippen LogP contribution in [0.15, 0.2) is 60.7 Å². The number of benzene rings is 2. The second-order valence-electron chi connectivity index (χ2n) is 6.07. The van der Waals surface area contributed by atoms with E-state index in [1.807, 2.05) is 41.3 Å². The Balaban J connectivity index is 0.00000192. The zero-order valence-corrected chi connectivity index (χ0v) is 14.1. The second-order valence-corrected chi connectivity index (χ2v) is 6.07. The zero-order chi connectivity index (χ0) is 15.5. The molecule has 0 saturated carbocycles. The Bertz CT molecular complexity index is 632. The smallest absolute Gasteiger partial charge is 0.244 e. The van der Waals surface area contributed by atoms with Crippen LogP contribution >= 0.6 is 12.4 Å². The quantitative estimate of drug-likeness (QED) is 0.936. The maximum absolute atomic E-state index is 12.7. The maximum Gasteiger partial charge on any atom is 0.244 e. The molecule has 3 atom stereocenters. The number of carbonyl (C=O) groups is 1. The van der Waals surface area contributed by atoms with E-state index < -0.39 is 6.04 Å². The van der Waals surface area contributed by atoms with Crippen LogP contribution in [-0.4, -0.2) is 23.4 Å². The second kappa shape index (κ2) is 7.62. The molecule has 4 heteroatoms. The van der Waals surface area contributed by atoms with Crippen molar-refractivity contribution in [2.75, 3.05) is 6.54 Å². The van der Waals surface area contributed by atoms with Crippen LogP contribution in [0, 0.1) is 0 Å². The summed E-state index contributed by atoms with van der Waals surface area (Å²) < 4.78 is 0. The predicted octanol–water partition coefficient (Wildman–Crippen LogP) is 3.51. The monoisotopic (exact) mass is 330 g/mol. The van der Waals surface area contributed by atoms with Gasteiger partial charge in [0.15, 0.2) is 0 Å². The minimum absolute atomic E-state index is 0. The molecule has 0 spiro atoms. The van der Waals surface area contributed by atoms with Gasteiger partial charge in [-0.3, -0.25) is 4.79 Å². The minimum Gasteiger partial charge on any atom is -0.338 e. The first-order valence-corrected chi connectivity index (χ1v) is 7.82. The van der Waals surface area contributed by atoms with Crippen molar-refractivity contribution in [3.8, 4) is 0 Å². The van der Waals surface area contributed by atoms with E-state index in [4.69, 9.17) is 5.73 Å². The highest BCUT2D eigenvalue weighted by Crippen LogP contribution is 2.32. The van der Waals surface area contributed by atoms with Crippen molar-refractivity contribution < 1.29 is 4.79 Å². The van der Waals surface area contributed by atoms with Crippen LogP contribution in [0.2, 0.25) is 0 Å². The molecule has 1 heterocycles. The van der Waals surface area contributed by atoms with Gasteiger partial charge >= 0.3 is 0 Å². The lowest BCUT2D eigenvalue weighted by atomic mass is 9.97. The van der Waals surface area contributed by atoms with Crippen molar-refractivity contribution in [1.29, 1.82) is 0 Å². The molecule has 3 unspecified atom stereocenters. The Morgan fingerprint density at radius 2 is 1.65 bits per heavy atom. The molecular formula is C19H23ClN2O. The summed E-state index contributed by atoms with van der Waals surface area (Å²) in [6.45, 7) is 2.86. The molecule has 1 aliphatic heterocycles. The van der Waals surface area contributed by atoms with Gasteiger partial charge in [-0.25, -0.2) is 0 Å². The van der Waals surface area contributed by atoms with Crippen LogP contribution in [0.3, 0.4) is 0 Å². The summed E-state index contributed by atoms with van der Waals surface area (Å²) in [5, 5.41) is 0. The van der Waals surface area contributed by atoms with Crippen molar-refractivity contribution in [3.05, 3.63) is 71.8 Å². The topological polar surface area (TPSA) is 46.3 Å². The number of rotatable bonds is 3. The molecular weight excluding hydrogens is 308 g/mol. The minimum atomic E-state index is -0.571. The number of amides is 1. The Hall–Kier alpha value is -1.84. The average Bonchev–Trinajstić information content (AvgIpc) is 2.97. The van der Waals surface area contributed by atoms with Crippen molar-refractivity contribution in [1.82, 2.24) is 4.90 Å². The molecule has 2 aromatic rings. The lowest BCUT2D eigenvalue weighted by Crippen LogP contribution is -2.40. The first-order valence-electron chi connectivity index (χ1n) is 7.82. The molecule has 23 heavy (non-hydrogen) atoms. The third-order valence-electron chi connectivity index (χ3n) is 4.55. The van der Waals surface area contributed by atoms with E-state index in [1.54, 1.807) is 0 Å². The fourth-order valence-electron chi connectivity index (χ4n) is 3.29. The SMILES string of the molecule is CC1CC(c2ccccc2)CN1C(=O)C(N)c1ccccc1.Cl. The Labute approximate surface area is 143 Å². The van der Waals surface area contributed by atoms with Gasteiger partial charge in [0, 0.05) is 18.5 Å². The Morgan fingerprint density at radius 1 is 1.09 bits per heavy atom. The highest BCUT2D eigenvalue weighted by molar-refractivity contribution is 5.85. The highest BCUT2D eigenvalue weighted by atomic mass is 35.5. The molecule has 3 nitrogen and oxygen atoms in total. The van der Waals surface area contributed by atoms with E-state index >= 15 is 0 Å². The van der Waals surface area contributed by atoms with Gasteiger partial charge < -0.3 is 10.6 Å². The Morgan fingerprint density at radius 3 is 2.26 bits per heavy atom. The third kappa shape index (κ3) is 3.74. The van der Waals surface area contributed by atoms with Gasteiger partial charge in [-0.15, -0.1) is 12.4 Å². The summed E-state index contributed by atoms with van der Waals surface area (Å²) >= 11 is 0. The van der Waals surface area contributed by atoms with Crippen molar-refractivity contribution in [3.63, 3.8) is 0 Å². The van der Waals surface area contributed by atoms with Gasteiger partial charge in [-0.1, -0.05) is 60.7 Å². The molecule has 3 rings (SSSR count). The van der Waals surface area contributed by atoms with E-state index in [0.29, 0.717) is 5.92 Å².